The van der Waals surface area contributed by atoms with Crippen LogP contribution in [0.4, 0.5) is 4.39 Å². The van der Waals surface area contributed by atoms with Crippen molar-refractivity contribution in [3.63, 3.8) is 0 Å². The summed E-state index contributed by atoms with van der Waals surface area (Å²) in [5.74, 6) is 0.445. The first-order valence-corrected chi connectivity index (χ1v) is 10.1. The molecular formula is C25H24FNO. The van der Waals surface area contributed by atoms with Crippen molar-refractivity contribution in [1.82, 2.24) is 4.98 Å². The Morgan fingerprint density at radius 3 is 2.68 bits per heavy atom. The van der Waals surface area contributed by atoms with Gasteiger partial charge in [-0.05, 0) is 86.2 Å². The fraction of sp³-hybridized carbons (Fsp3) is 0.320. The van der Waals surface area contributed by atoms with E-state index in [1.165, 1.54) is 16.5 Å². The molecule has 0 aliphatic heterocycles. The van der Waals surface area contributed by atoms with Crippen LogP contribution in [0.25, 0.3) is 33.0 Å². The van der Waals surface area contributed by atoms with Crippen LogP contribution in [0.1, 0.15) is 49.7 Å². The molecule has 1 fully saturated rings. The van der Waals surface area contributed by atoms with Crippen LogP contribution in [0.3, 0.4) is 0 Å². The maximum absolute atomic E-state index is 14.2. The third-order valence-electron chi connectivity index (χ3n) is 6.24. The number of rotatable bonds is 2. The molecule has 0 N–H and O–H groups in total. The lowest BCUT2D eigenvalue weighted by atomic mass is 9.77. The maximum atomic E-state index is 14.2. The SMILES string of the molecule is Cc1cc(-c2nccc3cc(C4CCC(C)(F)CC4)ccc23)c2occc2c1. The van der Waals surface area contributed by atoms with Gasteiger partial charge in [0.2, 0.25) is 0 Å². The molecule has 1 saturated carbocycles. The van der Waals surface area contributed by atoms with E-state index in [0.717, 1.165) is 40.5 Å². The standard InChI is InChI=1S/C25H24FNO/c1-16-13-20-8-12-28-24(20)22(14-16)23-21-4-3-18(15-19(21)7-11-27-23)17-5-9-25(2,26)10-6-17/h3-4,7-8,11-15,17H,5-6,9-10H2,1-2H3. The van der Waals surface area contributed by atoms with E-state index in [0.29, 0.717) is 18.8 Å². The first-order chi connectivity index (χ1) is 13.5. The zero-order chi connectivity index (χ0) is 19.3. The molecule has 3 heteroatoms. The first kappa shape index (κ1) is 17.4. The molecule has 142 valence electrons. The highest BCUT2D eigenvalue weighted by Crippen LogP contribution is 2.41. The highest BCUT2D eigenvalue weighted by molar-refractivity contribution is 6.02. The van der Waals surface area contributed by atoms with E-state index < -0.39 is 5.67 Å². The van der Waals surface area contributed by atoms with E-state index in [2.05, 4.69) is 43.3 Å². The van der Waals surface area contributed by atoms with Crippen LogP contribution in [0, 0.1) is 6.92 Å². The van der Waals surface area contributed by atoms with Gasteiger partial charge >= 0.3 is 0 Å². The minimum Gasteiger partial charge on any atom is -0.464 e. The van der Waals surface area contributed by atoms with Crippen LogP contribution < -0.4 is 0 Å². The molecule has 0 saturated heterocycles. The van der Waals surface area contributed by atoms with E-state index in [-0.39, 0.29) is 0 Å². The molecule has 2 aromatic carbocycles. The van der Waals surface area contributed by atoms with Crippen LogP contribution >= 0.6 is 0 Å². The number of halogens is 1. The number of fused-ring (bicyclic) bond motifs is 2. The number of furan rings is 1. The van der Waals surface area contributed by atoms with Gasteiger partial charge in [0.1, 0.15) is 11.3 Å². The lowest BCUT2D eigenvalue weighted by Gasteiger charge is -2.31. The van der Waals surface area contributed by atoms with Crippen molar-refractivity contribution >= 4 is 21.7 Å². The van der Waals surface area contributed by atoms with Gasteiger partial charge in [0.15, 0.2) is 0 Å². The molecular weight excluding hydrogens is 349 g/mol. The smallest absolute Gasteiger partial charge is 0.143 e. The Hall–Kier alpha value is -2.68. The van der Waals surface area contributed by atoms with E-state index in [9.17, 15) is 4.39 Å². The molecule has 0 atom stereocenters. The van der Waals surface area contributed by atoms with Gasteiger partial charge in [-0.2, -0.15) is 0 Å². The molecule has 2 heterocycles. The van der Waals surface area contributed by atoms with Crippen LogP contribution in [0.5, 0.6) is 0 Å². The zero-order valence-corrected chi connectivity index (χ0v) is 16.3. The van der Waals surface area contributed by atoms with Crippen molar-refractivity contribution < 1.29 is 8.81 Å². The molecule has 0 radical (unpaired) electrons. The van der Waals surface area contributed by atoms with E-state index in [4.69, 9.17) is 9.40 Å². The van der Waals surface area contributed by atoms with Crippen molar-refractivity contribution in [2.45, 2.75) is 51.1 Å². The summed E-state index contributed by atoms with van der Waals surface area (Å²) in [6.07, 6.45) is 6.74. The Labute approximate surface area is 164 Å². The molecule has 1 aliphatic rings. The average Bonchev–Trinajstić information content (AvgIpc) is 3.15. The fourth-order valence-corrected chi connectivity index (χ4v) is 4.63. The van der Waals surface area contributed by atoms with Crippen molar-refractivity contribution in [3.8, 4) is 11.3 Å². The van der Waals surface area contributed by atoms with Crippen molar-refractivity contribution in [1.29, 1.82) is 0 Å². The van der Waals surface area contributed by atoms with Gasteiger partial charge in [0.05, 0.1) is 12.0 Å². The quantitative estimate of drug-likeness (QED) is 0.367. The number of hydrogen-bond donors (Lipinski definition) is 0. The lowest BCUT2D eigenvalue weighted by molar-refractivity contribution is 0.120. The average molecular weight is 373 g/mol. The summed E-state index contributed by atoms with van der Waals surface area (Å²) in [5, 5.41) is 3.40. The van der Waals surface area contributed by atoms with Crippen molar-refractivity contribution in [2.24, 2.45) is 0 Å². The largest absolute Gasteiger partial charge is 0.464 e. The zero-order valence-electron chi connectivity index (χ0n) is 16.3. The van der Waals surface area contributed by atoms with Gasteiger partial charge in [-0.1, -0.05) is 18.2 Å². The summed E-state index contributed by atoms with van der Waals surface area (Å²) >= 11 is 0. The number of hydrogen-bond acceptors (Lipinski definition) is 2. The third kappa shape index (κ3) is 2.99. The number of aromatic nitrogens is 1. The molecule has 0 bridgehead atoms. The number of pyridine rings is 1. The molecule has 0 unspecified atom stereocenters. The van der Waals surface area contributed by atoms with Crippen LogP contribution in [-0.4, -0.2) is 10.7 Å². The van der Waals surface area contributed by atoms with Gasteiger partial charge in [0, 0.05) is 22.5 Å². The minimum atomic E-state index is -0.996. The maximum Gasteiger partial charge on any atom is 0.143 e. The van der Waals surface area contributed by atoms with Gasteiger partial charge < -0.3 is 4.42 Å². The van der Waals surface area contributed by atoms with Crippen molar-refractivity contribution in [3.05, 3.63) is 66.1 Å². The normalized spacial score (nSPS) is 22.8. The Balaban J connectivity index is 1.59. The number of benzene rings is 2. The van der Waals surface area contributed by atoms with Gasteiger partial charge in [-0.3, -0.25) is 4.98 Å². The molecule has 4 aromatic rings. The number of aryl methyl sites for hydroxylation is 1. The fourth-order valence-electron chi connectivity index (χ4n) is 4.63. The predicted octanol–water partition coefficient (Wildman–Crippen LogP) is 7.34. The second-order valence-electron chi connectivity index (χ2n) is 8.48. The Kier molecular flexibility index (Phi) is 4.01. The molecule has 0 amide bonds. The summed E-state index contributed by atoms with van der Waals surface area (Å²) in [7, 11) is 0. The molecule has 2 aromatic heterocycles. The highest BCUT2D eigenvalue weighted by atomic mass is 19.1. The summed E-state index contributed by atoms with van der Waals surface area (Å²) < 4.78 is 19.9. The Bertz CT molecular complexity index is 1160. The summed E-state index contributed by atoms with van der Waals surface area (Å²) in [6.45, 7) is 3.83. The van der Waals surface area contributed by atoms with E-state index in [1.54, 1.807) is 13.2 Å². The van der Waals surface area contributed by atoms with Crippen molar-refractivity contribution in [2.75, 3.05) is 0 Å². The van der Waals surface area contributed by atoms with Crippen LogP contribution in [0.15, 0.2) is 59.3 Å². The highest BCUT2D eigenvalue weighted by Gasteiger charge is 2.31. The molecule has 2 nitrogen and oxygen atoms in total. The minimum absolute atomic E-state index is 0.445. The second-order valence-corrected chi connectivity index (χ2v) is 8.48. The van der Waals surface area contributed by atoms with Crippen LogP contribution in [0.2, 0.25) is 0 Å². The third-order valence-corrected chi connectivity index (χ3v) is 6.24. The first-order valence-electron chi connectivity index (χ1n) is 10.1. The second kappa shape index (κ2) is 6.44. The Morgan fingerprint density at radius 2 is 1.86 bits per heavy atom. The van der Waals surface area contributed by atoms with E-state index in [1.807, 2.05) is 12.3 Å². The molecule has 5 rings (SSSR count). The van der Waals surface area contributed by atoms with Crippen LogP contribution in [-0.2, 0) is 0 Å². The summed E-state index contributed by atoms with van der Waals surface area (Å²) in [6, 6.07) is 15.0. The predicted molar refractivity (Wildman–Crippen MR) is 112 cm³/mol. The van der Waals surface area contributed by atoms with Gasteiger partial charge in [0.25, 0.3) is 0 Å². The molecule has 28 heavy (non-hydrogen) atoms. The van der Waals surface area contributed by atoms with Gasteiger partial charge in [-0.25, -0.2) is 4.39 Å². The monoisotopic (exact) mass is 373 g/mol. The number of nitrogens with zero attached hydrogens (tertiary/aromatic N) is 1. The number of alkyl halides is 1. The topological polar surface area (TPSA) is 26.0 Å². The van der Waals surface area contributed by atoms with E-state index >= 15 is 0 Å². The summed E-state index contributed by atoms with van der Waals surface area (Å²) in [5.41, 5.74) is 4.37. The van der Waals surface area contributed by atoms with Gasteiger partial charge in [-0.15, -0.1) is 0 Å². The Morgan fingerprint density at radius 1 is 1.04 bits per heavy atom. The molecule has 0 spiro atoms. The lowest BCUT2D eigenvalue weighted by Crippen LogP contribution is -2.25. The summed E-state index contributed by atoms with van der Waals surface area (Å²) in [4.78, 5) is 4.70. The molecule has 1 aliphatic carbocycles.